The van der Waals surface area contributed by atoms with Gasteiger partial charge in [0.2, 0.25) is 0 Å². The quantitative estimate of drug-likeness (QED) is 0.655. The number of amides is 2. The van der Waals surface area contributed by atoms with E-state index < -0.39 is 11.9 Å². The molecule has 1 N–H and O–H groups in total. The molecule has 0 fully saturated rings. The van der Waals surface area contributed by atoms with E-state index in [4.69, 9.17) is 14.2 Å². The van der Waals surface area contributed by atoms with Crippen molar-refractivity contribution in [1.82, 2.24) is 10.2 Å². The third-order valence-electron chi connectivity index (χ3n) is 3.76. The molecule has 2 amide bonds. The molecule has 0 unspecified atom stereocenters. The molecule has 0 atom stereocenters. The topological polar surface area (TPSA) is 94.2 Å². The van der Waals surface area contributed by atoms with Gasteiger partial charge in [-0.1, -0.05) is 0 Å². The summed E-state index contributed by atoms with van der Waals surface area (Å²) in [4.78, 5) is 37.8. The molecule has 0 heterocycles. The first-order valence-corrected chi connectivity index (χ1v) is 8.67. The van der Waals surface area contributed by atoms with Crippen LogP contribution in [0.25, 0.3) is 0 Å². The van der Waals surface area contributed by atoms with Crippen molar-refractivity contribution in [3.05, 3.63) is 23.8 Å². The Hall–Kier alpha value is -2.77. The Balaban J connectivity index is 2.57. The number of nitrogens with one attached hydrogen (secondary N) is 1. The smallest absolute Gasteiger partial charge is 0.325 e. The number of nitrogens with zero attached hydrogens (tertiary/aromatic N) is 1. The zero-order valence-corrected chi connectivity index (χ0v) is 16.7. The van der Waals surface area contributed by atoms with Crippen LogP contribution >= 0.6 is 0 Å². The normalized spacial score (nSPS) is 10.5. The van der Waals surface area contributed by atoms with E-state index in [1.165, 1.54) is 26.4 Å². The van der Waals surface area contributed by atoms with Gasteiger partial charge >= 0.3 is 5.97 Å². The first kappa shape index (κ1) is 22.3. The van der Waals surface area contributed by atoms with Crippen LogP contribution in [-0.2, 0) is 14.3 Å². The SMILES string of the molecule is COc1cc(OC)cc(C(=O)NCC(=O)OCC(=O)N(C(C)C)C(C)C)c1. The molecule has 8 nitrogen and oxygen atoms in total. The molecule has 27 heavy (non-hydrogen) atoms. The van der Waals surface area contributed by atoms with Crippen LogP contribution in [0.2, 0.25) is 0 Å². The summed E-state index contributed by atoms with van der Waals surface area (Å²) in [6.07, 6.45) is 0. The van der Waals surface area contributed by atoms with E-state index in [0.29, 0.717) is 11.5 Å². The zero-order valence-electron chi connectivity index (χ0n) is 16.7. The molecular weight excluding hydrogens is 352 g/mol. The largest absolute Gasteiger partial charge is 0.497 e. The van der Waals surface area contributed by atoms with E-state index in [0.717, 1.165) is 0 Å². The fourth-order valence-corrected chi connectivity index (χ4v) is 2.63. The summed E-state index contributed by atoms with van der Waals surface area (Å²) in [5.74, 6) is -0.553. The molecule has 0 spiro atoms. The summed E-state index contributed by atoms with van der Waals surface area (Å²) in [6, 6.07) is 4.68. The Kier molecular flexibility index (Phi) is 8.58. The van der Waals surface area contributed by atoms with Gasteiger partial charge in [0.05, 0.1) is 14.2 Å². The second-order valence-corrected chi connectivity index (χ2v) is 6.43. The monoisotopic (exact) mass is 380 g/mol. The number of rotatable bonds is 9. The fraction of sp³-hybridized carbons (Fsp3) is 0.526. The Morgan fingerprint density at radius 2 is 1.48 bits per heavy atom. The van der Waals surface area contributed by atoms with Gasteiger partial charge in [-0.2, -0.15) is 0 Å². The van der Waals surface area contributed by atoms with Crippen LogP contribution in [0, 0.1) is 0 Å². The summed E-state index contributed by atoms with van der Waals surface area (Å²) in [5, 5.41) is 2.45. The summed E-state index contributed by atoms with van der Waals surface area (Å²) in [7, 11) is 2.95. The van der Waals surface area contributed by atoms with Gasteiger partial charge in [-0.05, 0) is 39.8 Å². The molecule has 1 aromatic carbocycles. The number of carbonyl (C=O) groups excluding carboxylic acids is 3. The molecule has 0 aliphatic heterocycles. The second kappa shape index (κ2) is 10.4. The maximum Gasteiger partial charge on any atom is 0.325 e. The molecule has 150 valence electrons. The van der Waals surface area contributed by atoms with E-state index in [1.807, 2.05) is 27.7 Å². The van der Waals surface area contributed by atoms with Gasteiger partial charge in [-0.3, -0.25) is 14.4 Å². The lowest BCUT2D eigenvalue weighted by atomic mass is 10.2. The average Bonchev–Trinajstić information content (AvgIpc) is 2.63. The highest BCUT2D eigenvalue weighted by atomic mass is 16.5. The minimum atomic E-state index is -0.695. The lowest BCUT2D eigenvalue weighted by Gasteiger charge is -2.30. The van der Waals surface area contributed by atoms with Gasteiger partial charge in [0.15, 0.2) is 6.61 Å². The van der Waals surface area contributed by atoms with Crippen molar-refractivity contribution >= 4 is 17.8 Å². The predicted molar refractivity (Wildman–Crippen MR) is 100.0 cm³/mol. The molecule has 0 saturated carbocycles. The van der Waals surface area contributed by atoms with Gasteiger partial charge in [0.25, 0.3) is 11.8 Å². The van der Waals surface area contributed by atoms with Gasteiger partial charge in [0.1, 0.15) is 18.0 Å². The van der Waals surface area contributed by atoms with Crippen LogP contribution in [-0.4, -0.2) is 62.1 Å². The molecular formula is C19H28N2O6. The van der Waals surface area contributed by atoms with Crippen LogP contribution in [0.1, 0.15) is 38.1 Å². The second-order valence-electron chi connectivity index (χ2n) is 6.43. The van der Waals surface area contributed by atoms with Crippen molar-refractivity contribution < 1.29 is 28.6 Å². The third kappa shape index (κ3) is 6.80. The Labute approximate surface area is 159 Å². The predicted octanol–water partition coefficient (Wildman–Crippen LogP) is 1.62. The van der Waals surface area contributed by atoms with E-state index >= 15 is 0 Å². The van der Waals surface area contributed by atoms with E-state index in [9.17, 15) is 14.4 Å². The first-order chi connectivity index (χ1) is 12.7. The van der Waals surface area contributed by atoms with Crippen molar-refractivity contribution in [3.8, 4) is 11.5 Å². The standard InChI is InChI=1S/C19H28N2O6/c1-12(2)21(13(3)4)17(22)11-27-18(23)10-20-19(24)14-7-15(25-5)9-16(8-14)26-6/h7-9,12-13H,10-11H2,1-6H3,(H,20,24). The Bertz CT molecular complexity index is 642. The molecule has 0 aliphatic rings. The molecule has 1 rings (SSSR count). The number of ether oxygens (including phenoxy) is 3. The first-order valence-electron chi connectivity index (χ1n) is 8.67. The van der Waals surface area contributed by atoms with E-state index in [2.05, 4.69) is 5.32 Å². The fourth-order valence-electron chi connectivity index (χ4n) is 2.63. The number of methoxy groups -OCH3 is 2. The van der Waals surface area contributed by atoms with Crippen molar-refractivity contribution in [1.29, 1.82) is 0 Å². The number of esters is 1. The minimum absolute atomic E-state index is 0.000976. The van der Waals surface area contributed by atoms with Gasteiger partial charge < -0.3 is 24.4 Å². The van der Waals surface area contributed by atoms with Crippen LogP contribution in [0.4, 0.5) is 0 Å². The zero-order chi connectivity index (χ0) is 20.6. The Morgan fingerprint density at radius 3 is 1.93 bits per heavy atom. The summed E-state index contributed by atoms with van der Waals surface area (Å²) < 4.78 is 15.2. The molecule has 0 radical (unpaired) electrons. The maximum absolute atomic E-state index is 12.2. The van der Waals surface area contributed by atoms with Crippen LogP contribution < -0.4 is 14.8 Å². The summed E-state index contributed by atoms with van der Waals surface area (Å²) >= 11 is 0. The molecule has 0 aliphatic carbocycles. The number of hydrogen-bond acceptors (Lipinski definition) is 6. The highest BCUT2D eigenvalue weighted by Crippen LogP contribution is 2.22. The number of carbonyl (C=O) groups is 3. The van der Waals surface area contributed by atoms with Gasteiger partial charge in [-0.25, -0.2) is 0 Å². The molecule has 8 heteroatoms. The van der Waals surface area contributed by atoms with Gasteiger partial charge in [0, 0.05) is 23.7 Å². The van der Waals surface area contributed by atoms with Crippen molar-refractivity contribution in [2.45, 2.75) is 39.8 Å². The highest BCUT2D eigenvalue weighted by molar-refractivity contribution is 5.96. The van der Waals surface area contributed by atoms with Gasteiger partial charge in [-0.15, -0.1) is 0 Å². The third-order valence-corrected chi connectivity index (χ3v) is 3.76. The van der Waals surface area contributed by atoms with Crippen LogP contribution in [0.3, 0.4) is 0 Å². The molecule has 0 saturated heterocycles. The maximum atomic E-state index is 12.2. The number of hydrogen-bond donors (Lipinski definition) is 1. The lowest BCUT2D eigenvalue weighted by molar-refractivity contribution is -0.152. The van der Waals surface area contributed by atoms with Crippen molar-refractivity contribution in [2.24, 2.45) is 0 Å². The molecule has 0 bridgehead atoms. The minimum Gasteiger partial charge on any atom is -0.497 e. The van der Waals surface area contributed by atoms with Crippen LogP contribution in [0.15, 0.2) is 18.2 Å². The van der Waals surface area contributed by atoms with E-state index in [1.54, 1.807) is 11.0 Å². The lowest BCUT2D eigenvalue weighted by Crippen LogP contribution is -2.44. The molecule has 0 aromatic heterocycles. The number of benzene rings is 1. The van der Waals surface area contributed by atoms with Crippen LogP contribution in [0.5, 0.6) is 11.5 Å². The highest BCUT2D eigenvalue weighted by Gasteiger charge is 2.21. The average molecular weight is 380 g/mol. The summed E-state index contributed by atoms with van der Waals surface area (Å²) in [5.41, 5.74) is 0.279. The summed E-state index contributed by atoms with van der Waals surface area (Å²) in [6.45, 7) is 6.85. The molecule has 1 aromatic rings. The van der Waals surface area contributed by atoms with Crippen molar-refractivity contribution in [3.63, 3.8) is 0 Å². The Morgan fingerprint density at radius 1 is 0.963 bits per heavy atom. The van der Waals surface area contributed by atoms with Crippen molar-refractivity contribution in [2.75, 3.05) is 27.4 Å². The van der Waals surface area contributed by atoms with E-state index in [-0.39, 0.29) is 36.7 Å².